The molecule has 2 aromatic carbocycles. The Kier molecular flexibility index (Phi) is 4.06. The van der Waals surface area contributed by atoms with E-state index in [-0.39, 0.29) is 6.54 Å². The zero-order chi connectivity index (χ0) is 15.6. The number of halogens is 4. The molecule has 0 heterocycles. The molecule has 0 spiro atoms. The summed E-state index contributed by atoms with van der Waals surface area (Å²) in [6, 6.07) is 9.08. The molecule has 0 bridgehead atoms. The molecule has 0 amide bonds. The first-order valence-corrected chi connectivity index (χ1v) is 6.13. The molecule has 2 nitrogen and oxygen atoms in total. The van der Waals surface area contributed by atoms with Gasteiger partial charge in [0.15, 0.2) is 0 Å². The van der Waals surface area contributed by atoms with Crippen molar-refractivity contribution in [3.8, 4) is 5.75 Å². The number of rotatable bonds is 3. The summed E-state index contributed by atoms with van der Waals surface area (Å²) in [4.78, 5) is 1.62. The molecule has 0 aliphatic heterocycles. The maximum absolute atomic E-state index is 13.1. The van der Waals surface area contributed by atoms with E-state index in [1.54, 1.807) is 18.0 Å². The first-order chi connectivity index (χ1) is 9.77. The SMILES string of the molecule is CN(Cc1ccc(O)c(C(F)(F)F)c1)c1cccc(F)c1. The molecule has 0 aliphatic rings. The first-order valence-electron chi connectivity index (χ1n) is 6.13. The van der Waals surface area contributed by atoms with E-state index in [4.69, 9.17) is 0 Å². The molecule has 2 rings (SSSR count). The van der Waals surface area contributed by atoms with Gasteiger partial charge in [-0.3, -0.25) is 0 Å². The van der Waals surface area contributed by atoms with Gasteiger partial charge in [-0.2, -0.15) is 13.2 Å². The maximum atomic E-state index is 13.1. The van der Waals surface area contributed by atoms with E-state index >= 15 is 0 Å². The molecular formula is C15H13F4NO. The van der Waals surface area contributed by atoms with Crippen LogP contribution in [0.4, 0.5) is 23.2 Å². The zero-order valence-electron chi connectivity index (χ0n) is 11.2. The van der Waals surface area contributed by atoms with Crippen molar-refractivity contribution in [3.05, 3.63) is 59.4 Å². The topological polar surface area (TPSA) is 23.5 Å². The van der Waals surface area contributed by atoms with Gasteiger partial charge in [-0.15, -0.1) is 0 Å². The normalized spacial score (nSPS) is 11.5. The number of benzene rings is 2. The van der Waals surface area contributed by atoms with Gasteiger partial charge in [0.2, 0.25) is 0 Å². The number of nitrogens with zero attached hydrogens (tertiary/aromatic N) is 1. The summed E-state index contributed by atoms with van der Waals surface area (Å²) in [5.41, 5.74) is -0.156. The van der Waals surface area contributed by atoms with E-state index in [0.717, 1.165) is 12.1 Å². The summed E-state index contributed by atoms with van der Waals surface area (Å²) in [6.45, 7) is 0.160. The molecule has 2 aromatic rings. The van der Waals surface area contributed by atoms with Crippen LogP contribution in [0.1, 0.15) is 11.1 Å². The minimum atomic E-state index is -4.61. The van der Waals surface area contributed by atoms with Gasteiger partial charge >= 0.3 is 6.18 Å². The van der Waals surface area contributed by atoms with Gasteiger partial charge < -0.3 is 10.0 Å². The number of hydrogen-bond acceptors (Lipinski definition) is 2. The zero-order valence-corrected chi connectivity index (χ0v) is 11.2. The van der Waals surface area contributed by atoms with E-state index in [9.17, 15) is 22.7 Å². The van der Waals surface area contributed by atoms with Gasteiger partial charge in [0.1, 0.15) is 11.6 Å². The fourth-order valence-corrected chi connectivity index (χ4v) is 1.99. The highest BCUT2D eigenvalue weighted by atomic mass is 19.4. The molecule has 0 saturated carbocycles. The number of aromatic hydroxyl groups is 1. The molecule has 1 N–H and O–H groups in total. The van der Waals surface area contributed by atoms with E-state index in [1.165, 1.54) is 24.3 Å². The van der Waals surface area contributed by atoms with E-state index in [1.807, 2.05) is 0 Å². The Morgan fingerprint density at radius 1 is 1.10 bits per heavy atom. The van der Waals surface area contributed by atoms with Crippen LogP contribution in [0.25, 0.3) is 0 Å². The lowest BCUT2D eigenvalue weighted by Crippen LogP contribution is -2.17. The molecule has 112 valence electrons. The largest absolute Gasteiger partial charge is 0.507 e. The third-order valence-electron chi connectivity index (χ3n) is 3.04. The van der Waals surface area contributed by atoms with E-state index in [0.29, 0.717) is 11.3 Å². The molecule has 0 radical (unpaired) electrons. The third kappa shape index (κ3) is 3.65. The Morgan fingerprint density at radius 3 is 2.43 bits per heavy atom. The van der Waals surface area contributed by atoms with Crippen molar-refractivity contribution in [3.63, 3.8) is 0 Å². The Bertz CT molecular complexity index is 640. The van der Waals surface area contributed by atoms with Crippen LogP contribution in [0.15, 0.2) is 42.5 Å². The second-order valence-corrected chi connectivity index (χ2v) is 4.69. The maximum Gasteiger partial charge on any atom is 0.419 e. The first kappa shape index (κ1) is 15.2. The van der Waals surface area contributed by atoms with Crippen LogP contribution in [0.2, 0.25) is 0 Å². The Morgan fingerprint density at radius 2 is 1.81 bits per heavy atom. The summed E-state index contributed by atoms with van der Waals surface area (Å²) in [6.07, 6.45) is -4.61. The smallest absolute Gasteiger partial charge is 0.419 e. The van der Waals surface area contributed by atoms with Gasteiger partial charge in [0.05, 0.1) is 5.56 Å². The standard InChI is InChI=1S/C15H13F4NO/c1-20(12-4-2-3-11(16)8-12)9-10-5-6-14(21)13(7-10)15(17,18)19/h2-8,21H,9H2,1H3. The van der Waals surface area contributed by atoms with Gasteiger partial charge in [-0.05, 0) is 35.9 Å². The van der Waals surface area contributed by atoms with Crippen molar-refractivity contribution >= 4 is 5.69 Å². The lowest BCUT2D eigenvalue weighted by molar-refractivity contribution is -0.138. The van der Waals surface area contributed by atoms with Crippen molar-refractivity contribution in [1.82, 2.24) is 0 Å². The lowest BCUT2D eigenvalue weighted by atomic mass is 10.1. The molecule has 0 unspecified atom stereocenters. The number of alkyl halides is 3. The molecule has 6 heteroatoms. The summed E-state index contributed by atoms with van der Waals surface area (Å²) in [5.74, 6) is -1.22. The quantitative estimate of drug-likeness (QED) is 0.859. The van der Waals surface area contributed by atoms with Crippen molar-refractivity contribution in [2.24, 2.45) is 0 Å². The minimum Gasteiger partial charge on any atom is -0.507 e. The number of phenols is 1. The minimum absolute atomic E-state index is 0.160. The highest BCUT2D eigenvalue weighted by Gasteiger charge is 2.34. The van der Waals surface area contributed by atoms with Crippen LogP contribution >= 0.6 is 0 Å². The molecule has 0 atom stereocenters. The fraction of sp³-hybridized carbons (Fsp3) is 0.200. The van der Waals surface area contributed by atoms with Gasteiger partial charge in [0.25, 0.3) is 0 Å². The molecule has 0 aromatic heterocycles. The summed E-state index contributed by atoms with van der Waals surface area (Å²) < 4.78 is 51.3. The summed E-state index contributed by atoms with van der Waals surface area (Å²) in [5, 5.41) is 9.27. The molecule has 0 fully saturated rings. The number of anilines is 1. The number of hydrogen-bond donors (Lipinski definition) is 1. The second-order valence-electron chi connectivity index (χ2n) is 4.69. The van der Waals surface area contributed by atoms with Gasteiger partial charge in [-0.1, -0.05) is 12.1 Å². The lowest BCUT2D eigenvalue weighted by Gasteiger charge is -2.20. The van der Waals surface area contributed by atoms with Gasteiger partial charge in [-0.25, -0.2) is 4.39 Å². The van der Waals surface area contributed by atoms with Crippen molar-refractivity contribution in [1.29, 1.82) is 0 Å². The van der Waals surface area contributed by atoms with Crippen LogP contribution < -0.4 is 4.90 Å². The fourth-order valence-electron chi connectivity index (χ4n) is 1.99. The molecule has 21 heavy (non-hydrogen) atoms. The van der Waals surface area contributed by atoms with Crippen molar-refractivity contribution in [2.75, 3.05) is 11.9 Å². The predicted octanol–water partition coefficient (Wildman–Crippen LogP) is 4.19. The highest BCUT2D eigenvalue weighted by Crippen LogP contribution is 2.36. The van der Waals surface area contributed by atoms with Crippen molar-refractivity contribution in [2.45, 2.75) is 12.7 Å². The monoisotopic (exact) mass is 299 g/mol. The Labute approximate surface area is 119 Å². The van der Waals surface area contributed by atoms with Gasteiger partial charge in [0, 0.05) is 19.3 Å². The molecule has 0 aliphatic carbocycles. The summed E-state index contributed by atoms with van der Waals surface area (Å²) >= 11 is 0. The highest BCUT2D eigenvalue weighted by molar-refractivity contribution is 5.47. The Balaban J connectivity index is 2.24. The van der Waals surface area contributed by atoms with Crippen molar-refractivity contribution < 1.29 is 22.7 Å². The third-order valence-corrected chi connectivity index (χ3v) is 3.04. The van der Waals surface area contributed by atoms with Crippen LogP contribution in [0, 0.1) is 5.82 Å². The Hall–Kier alpha value is -2.24. The van der Waals surface area contributed by atoms with Crippen LogP contribution in [0.5, 0.6) is 5.75 Å². The summed E-state index contributed by atoms with van der Waals surface area (Å²) in [7, 11) is 1.65. The average Bonchev–Trinajstić information content (AvgIpc) is 2.39. The predicted molar refractivity (Wildman–Crippen MR) is 71.6 cm³/mol. The van der Waals surface area contributed by atoms with E-state index in [2.05, 4.69) is 0 Å². The molecule has 0 saturated heterocycles. The van der Waals surface area contributed by atoms with Crippen LogP contribution in [0.3, 0.4) is 0 Å². The second kappa shape index (κ2) is 5.63. The average molecular weight is 299 g/mol. The number of phenolic OH excluding ortho intramolecular Hbond substituents is 1. The van der Waals surface area contributed by atoms with Crippen LogP contribution in [-0.2, 0) is 12.7 Å². The van der Waals surface area contributed by atoms with Crippen LogP contribution in [-0.4, -0.2) is 12.2 Å². The molecular weight excluding hydrogens is 286 g/mol. The van der Waals surface area contributed by atoms with E-state index < -0.39 is 23.3 Å².